The van der Waals surface area contributed by atoms with Crippen LogP contribution in [0.1, 0.15) is 33.3 Å². The first-order valence-electron chi connectivity index (χ1n) is 8.60. The highest BCUT2D eigenvalue weighted by atomic mass is 35.5. The molecule has 0 amide bonds. The molecule has 1 aromatic carbocycles. The second-order valence-corrected chi connectivity index (χ2v) is 6.49. The van der Waals surface area contributed by atoms with Crippen molar-refractivity contribution in [3.05, 3.63) is 28.3 Å². The fourth-order valence-electron chi connectivity index (χ4n) is 2.32. The summed E-state index contributed by atoms with van der Waals surface area (Å²) in [4.78, 5) is 35.7. The van der Waals surface area contributed by atoms with E-state index in [-0.39, 0.29) is 35.3 Å². The average molecular weight is 413 g/mol. The Balaban J connectivity index is 2.33. The Morgan fingerprint density at radius 1 is 1.07 bits per heavy atom. The fourth-order valence-corrected chi connectivity index (χ4v) is 2.52. The number of benzene rings is 1. The molecule has 8 nitrogen and oxygen atoms in total. The third-order valence-electron chi connectivity index (χ3n) is 3.43. The van der Waals surface area contributed by atoms with E-state index >= 15 is 0 Å². The highest BCUT2D eigenvalue weighted by molar-refractivity contribution is 6.32. The van der Waals surface area contributed by atoms with Gasteiger partial charge in [-0.1, -0.05) is 11.6 Å². The maximum absolute atomic E-state index is 12.1. The molecule has 0 saturated carbocycles. The molecule has 0 aliphatic carbocycles. The van der Waals surface area contributed by atoms with E-state index in [2.05, 4.69) is 0 Å². The molecule has 1 aliphatic rings. The van der Waals surface area contributed by atoms with Gasteiger partial charge >= 0.3 is 17.9 Å². The summed E-state index contributed by atoms with van der Waals surface area (Å²) in [6.07, 6.45) is 1.25. The minimum Gasteiger partial charge on any atom is -0.490 e. The van der Waals surface area contributed by atoms with E-state index < -0.39 is 23.7 Å². The molecule has 0 N–H and O–H groups in total. The van der Waals surface area contributed by atoms with Gasteiger partial charge in [0.05, 0.1) is 18.2 Å². The van der Waals surface area contributed by atoms with Gasteiger partial charge in [0.2, 0.25) is 0 Å². The number of carbonyl (C=O) groups is 3. The molecule has 1 heterocycles. The number of rotatable bonds is 7. The van der Waals surface area contributed by atoms with Gasteiger partial charge in [-0.15, -0.1) is 0 Å². The average Bonchev–Trinajstić information content (AvgIpc) is 2.58. The van der Waals surface area contributed by atoms with Crippen LogP contribution in [0.5, 0.6) is 11.5 Å². The lowest BCUT2D eigenvalue weighted by Gasteiger charge is -2.29. The molecule has 0 spiro atoms. The number of halogens is 1. The summed E-state index contributed by atoms with van der Waals surface area (Å²) >= 11 is 6.25. The second-order valence-electron chi connectivity index (χ2n) is 6.08. The third-order valence-corrected chi connectivity index (χ3v) is 3.76. The number of ether oxygens (including phenoxy) is 5. The molecular weight excluding hydrogens is 392 g/mol. The standard InChI is InChI=1S/C19H21ClO8/c1-5-24-14-8-11(7-12-17(22)27-19(3,4)28-18(12)23)13(20)9-15(14)26-10-16(21)25-6-2/h7-9H,5-6,10H2,1-4H3. The molecule has 0 atom stereocenters. The monoisotopic (exact) mass is 412 g/mol. The maximum Gasteiger partial charge on any atom is 0.348 e. The van der Waals surface area contributed by atoms with Crippen LogP contribution in [0.25, 0.3) is 6.08 Å². The van der Waals surface area contributed by atoms with Crippen LogP contribution in [0.15, 0.2) is 17.7 Å². The largest absolute Gasteiger partial charge is 0.490 e. The van der Waals surface area contributed by atoms with Crippen LogP contribution in [-0.2, 0) is 28.6 Å². The first kappa shape index (κ1) is 21.6. The number of esters is 3. The van der Waals surface area contributed by atoms with Crippen molar-refractivity contribution in [3.8, 4) is 11.5 Å². The zero-order valence-corrected chi connectivity index (χ0v) is 16.8. The van der Waals surface area contributed by atoms with Gasteiger partial charge < -0.3 is 23.7 Å². The molecule has 0 unspecified atom stereocenters. The van der Waals surface area contributed by atoms with Crippen LogP contribution in [0.3, 0.4) is 0 Å². The molecular formula is C19H21ClO8. The number of carbonyl (C=O) groups excluding carboxylic acids is 3. The van der Waals surface area contributed by atoms with E-state index in [9.17, 15) is 14.4 Å². The number of hydrogen-bond donors (Lipinski definition) is 0. The second kappa shape index (κ2) is 8.97. The van der Waals surface area contributed by atoms with E-state index in [4.69, 9.17) is 35.3 Å². The summed E-state index contributed by atoms with van der Waals surface area (Å²) in [6, 6.07) is 2.90. The minimum atomic E-state index is -1.34. The summed E-state index contributed by atoms with van der Waals surface area (Å²) < 4.78 is 25.8. The van der Waals surface area contributed by atoms with Crippen molar-refractivity contribution in [1.29, 1.82) is 0 Å². The molecule has 1 aromatic rings. The van der Waals surface area contributed by atoms with Gasteiger partial charge in [0.25, 0.3) is 5.79 Å². The van der Waals surface area contributed by atoms with Crippen LogP contribution in [0.2, 0.25) is 5.02 Å². The van der Waals surface area contributed by atoms with Gasteiger partial charge in [-0.2, -0.15) is 0 Å². The smallest absolute Gasteiger partial charge is 0.348 e. The summed E-state index contributed by atoms with van der Waals surface area (Å²) in [5, 5.41) is 0.167. The van der Waals surface area contributed by atoms with Crippen molar-refractivity contribution in [2.24, 2.45) is 0 Å². The molecule has 1 fully saturated rings. The first-order valence-corrected chi connectivity index (χ1v) is 8.97. The van der Waals surface area contributed by atoms with E-state index in [0.29, 0.717) is 12.2 Å². The lowest BCUT2D eigenvalue weighted by molar-refractivity contribution is -0.222. The Morgan fingerprint density at radius 2 is 1.68 bits per heavy atom. The predicted octanol–water partition coefficient (Wildman–Crippen LogP) is 2.90. The van der Waals surface area contributed by atoms with Gasteiger partial charge in [0.15, 0.2) is 18.1 Å². The van der Waals surface area contributed by atoms with Gasteiger partial charge in [-0.3, -0.25) is 0 Å². The molecule has 2 rings (SSSR count). The number of hydrogen-bond acceptors (Lipinski definition) is 8. The van der Waals surface area contributed by atoms with Crippen molar-refractivity contribution in [1.82, 2.24) is 0 Å². The zero-order chi connectivity index (χ0) is 20.9. The highest BCUT2D eigenvalue weighted by Gasteiger charge is 2.39. The van der Waals surface area contributed by atoms with Gasteiger partial charge in [-0.25, -0.2) is 14.4 Å². The van der Waals surface area contributed by atoms with E-state index in [1.807, 2.05) is 0 Å². The Bertz CT molecular complexity index is 790. The number of cyclic esters (lactones) is 2. The van der Waals surface area contributed by atoms with Gasteiger partial charge in [0, 0.05) is 19.9 Å². The Kier molecular flexibility index (Phi) is 6.90. The van der Waals surface area contributed by atoms with Crippen molar-refractivity contribution < 1.29 is 38.1 Å². The molecule has 1 saturated heterocycles. The Labute approximate surface area is 167 Å². The zero-order valence-electron chi connectivity index (χ0n) is 16.0. The Morgan fingerprint density at radius 3 is 2.25 bits per heavy atom. The normalized spacial score (nSPS) is 15.4. The topological polar surface area (TPSA) is 97.4 Å². The maximum atomic E-state index is 12.1. The molecule has 0 bridgehead atoms. The summed E-state index contributed by atoms with van der Waals surface area (Å²) in [6.45, 7) is 6.58. The summed E-state index contributed by atoms with van der Waals surface area (Å²) in [5.41, 5.74) is 0.0149. The SMILES string of the molecule is CCOC(=O)COc1cc(Cl)c(C=C2C(=O)OC(C)(C)OC2=O)cc1OCC. The highest BCUT2D eigenvalue weighted by Crippen LogP contribution is 2.35. The van der Waals surface area contributed by atoms with Crippen LogP contribution in [0, 0.1) is 0 Å². The minimum absolute atomic E-state index is 0.167. The first-order chi connectivity index (χ1) is 13.2. The molecule has 0 aromatic heterocycles. The van der Waals surface area contributed by atoms with Crippen molar-refractivity contribution in [2.45, 2.75) is 33.5 Å². The van der Waals surface area contributed by atoms with Crippen molar-refractivity contribution in [2.75, 3.05) is 19.8 Å². The fraction of sp³-hybridized carbons (Fsp3) is 0.421. The summed E-state index contributed by atoms with van der Waals surface area (Å²) in [5.74, 6) is -3.02. The quantitative estimate of drug-likeness (QED) is 0.383. The van der Waals surface area contributed by atoms with Crippen LogP contribution in [-0.4, -0.2) is 43.5 Å². The van der Waals surface area contributed by atoms with Crippen LogP contribution >= 0.6 is 11.6 Å². The van der Waals surface area contributed by atoms with Crippen molar-refractivity contribution >= 4 is 35.6 Å². The van der Waals surface area contributed by atoms with E-state index in [0.717, 1.165) is 0 Å². The van der Waals surface area contributed by atoms with Crippen molar-refractivity contribution in [3.63, 3.8) is 0 Å². The summed E-state index contributed by atoms with van der Waals surface area (Å²) in [7, 11) is 0. The molecule has 28 heavy (non-hydrogen) atoms. The Hall–Kier alpha value is -2.74. The molecule has 152 valence electrons. The van der Waals surface area contributed by atoms with E-state index in [1.54, 1.807) is 13.8 Å². The lowest BCUT2D eigenvalue weighted by Crippen LogP contribution is -2.41. The molecule has 1 aliphatic heterocycles. The van der Waals surface area contributed by atoms with Gasteiger partial charge in [-0.05, 0) is 31.6 Å². The predicted molar refractivity (Wildman–Crippen MR) is 99.0 cm³/mol. The third kappa shape index (κ3) is 5.39. The van der Waals surface area contributed by atoms with Crippen LogP contribution < -0.4 is 9.47 Å². The lowest BCUT2D eigenvalue weighted by atomic mass is 10.1. The van der Waals surface area contributed by atoms with Crippen LogP contribution in [0.4, 0.5) is 0 Å². The molecule has 9 heteroatoms. The van der Waals surface area contributed by atoms with Gasteiger partial charge in [0.1, 0.15) is 5.57 Å². The molecule has 0 radical (unpaired) electrons. The van der Waals surface area contributed by atoms with E-state index in [1.165, 1.54) is 32.1 Å².